The van der Waals surface area contributed by atoms with E-state index in [1.165, 1.54) is 11.1 Å². The van der Waals surface area contributed by atoms with Crippen LogP contribution in [0, 0.1) is 12.3 Å². The summed E-state index contributed by atoms with van der Waals surface area (Å²) in [4.78, 5) is 17.5. The van der Waals surface area contributed by atoms with Gasteiger partial charge in [-0.05, 0) is 62.6 Å². The molecule has 3 N–H and O–H groups in total. The van der Waals surface area contributed by atoms with Crippen LogP contribution in [0.3, 0.4) is 0 Å². The first-order valence-corrected chi connectivity index (χ1v) is 12.3. The highest BCUT2D eigenvalue weighted by Crippen LogP contribution is 2.39. The third kappa shape index (κ3) is 5.12. The van der Waals surface area contributed by atoms with Crippen molar-refractivity contribution in [3.8, 4) is 11.4 Å². The number of hydrogen-bond donors (Lipinski definition) is 2. The first-order valence-electron chi connectivity index (χ1n) is 12.3. The van der Waals surface area contributed by atoms with E-state index in [4.69, 9.17) is 10.5 Å². The van der Waals surface area contributed by atoms with Gasteiger partial charge in [-0.1, -0.05) is 29.8 Å². The maximum atomic E-state index is 13.1. The summed E-state index contributed by atoms with van der Waals surface area (Å²) in [5, 5.41) is 7.45. The van der Waals surface area contributed by atoms with Gasteiger partial charge < -0.3 is 15.4 Å². The molecule has 3 aromatic rings. The third-order valence-electron chi connectivity index (χ3n) is 7.27. The molecule has 0 aliphatic carbocycles. The van der Waals surface area contributed by atoms with Gasteiger partial charge >= 0.3 is 6.03 Å². The Morgan fingerprint density at radius 1 is 1.14 bits per heavy atom. The largest absolute Gasteiger partial charge is 0.497 e. The number of likely N-dealkylation sites (tertiary alicyclic amines) is 2. The molecular weight excluding hydrogens is 440 g/mol. The molecule has 2 amide bonds. The van der Waals surface area contributed by atoms with Crippen molar-refractivity contribution in [2.75, 3.05) is 44.3 Å². The second-order valence-electron chi connectivity index (χ2n) is 9.98. The molecule has 0 bridgehead atoms. The summed E-state index contributed by atoms with van der Waals surface area (Å²) >= 11 is 0. The number of anilines is 2. The Labute approximate surface area is 206 Å². The van der Waals surface area contributed by atoms with E-state index in [0.29, 0.717) is 11.5 Å². The molecule has 3 heterocycles. The molecule has 0 saturated carbocycles. The number of aromatic nitrogens is 2. The van der Waals surface area contributed by atoms with Crippen LogP contribution in [0.4, 0.5) is 16.3 Å². The first-order chi connectivity index (χ1) is 16.9. The molecular formula is C27H34N6O2. The predicted molar refractivity (Wildman–Crippen MR) is 138 cm³/mol. The van der Waals surface area contributed by atoms with E-state index < -0.39 is 0 Å². The molecule has 184 valence electrons. The topological polar surface area (TPSA) is 88.7 Å². The summed E-state index contributed by atoms with van der Waals surface area (Å²) in [5.41, 5.74) is 10.1. The Kier molecular flexibility index (Phi) is 6.38. The van der Waals surface area contributed by atoms with Crippen molar-refractivity contribution in [3.05, 3.63) is 65.9 Å². The van der Waals surface area contributed by atoms with Crippen molar-refractivity contribution in [2.24, 2.45) is 5.41 Å². The first kappa shape index (κ1) is 23.2. The van der Waals surface area contributed by atoms with Gasteiger partial charge in [-0.2, -0.15) is 0 Å². The summed E-state index contributed by atoms with van der Waals surface area (Å²) in [6.45, 7) is 6.53. The summed E-state index contributed by atoms with van der Waals surface area (Å²) in [6, 6.07) is 16.2. The number of ether oxygens (including phenoxy) is 1. The molecule has 5 rings (SSSR count). The van der Waals surface area contributed by atoms with Crippen molar-refractivity contribution >= 4 is 17.5 Å². The minimum atomic E-state index is -0.132. The number of urea groups is 1. The maximum absolute atomic E-state index is 13.1. The molecule has 8 heteroatoms. The Balaban J connectivity index is 1.21. The van der Waals surface area contributed by atoms with Crippen molar-refractivity contribution in [2.45, 2.75) is 32.7 Å². The zero-order valence-corrected chi connectivity index (χ0v) is 20.5. The lowest BCUT2D eigenvalue weighted by Crippen LogP contribution is -2.45. The van der Waals surface area contributed by atoms with Crippen LogP contribution >= 0.6 is 0 Å². The van der Waals surface area contributed by atoms with Crippen LogP contribution in [0.5, 0.6) is 5.75 Å². The lowest BCUT2D eigenvalue weighted by atomic mass is 9.79. The van der Waals surface area contributed by atoms with Gasteiger partial charge in [0, 0.05) is 31.6 Å². The Morgan fingerprint density at radius 2 is 1.97 bits per heavy atom. The number of methoxy groups -OCH3 is 1. The highest BCUT2D eigenvalue weighted by molar-refractivity contribution is 5.91. The number of rotatable bonds is 5. The number of carbonyl (C=O) groups is 1. The molecule has 1 unspecified atom stereocenters. The fourth-order valence-electron chi connectivity index (χ4n) is 5.41. The van der Waals surface area contributed by atoms with E-state index in [9.17, 15) is 4.79 Å². The number of amides is 2. The van der Waals surface area contributed by atoms with Crippen molar-refractivity contribution in [1.29, 1.82) is 0 Å². The highest BCUT2D eigenvalue weighted by atomic mass is 16.5. The summed E-state index contributed by atoms with van der Waals surface area (Å²) in [5.74, 6) is 1.29. The number of hydrogen-bond acceptors (Lipinski definition) is 5. The smallest absolute Gasteiger partial charge is 0.323 e. The average Bonchev–Trinajstić information content (AvgIpc) is 3.43. The lowest BCUT2D eigenvalue weighted by molar-refractivity contribution is 0.0905. The van der Waals surface area contributed by atoms with Gasteiger partial charge in [0.25, 0.3) is 0 Å². The van der Waals surface area contributed by atoms with Crippen LogP contribution in [0.15, 0.2) is 54.7 Å². The zero-order chi connectivity index (χ0) is 24.4. The van der Waals surface area contributed by atoms with Gasteiger partial charge in [0.05, 0.1) is 24.7 Å². The molecule has 2 aliphatic heterocycles. The van der Waals surface area contributed by atoms with Crippen molar-refractivity contribution < 1.29 is 9.53 Å². The fourth-order valence-corrected chi connectivity index (χ4v) is 5.41. The number of benzene rings is 2. The van der Waals surface area contributed by atoms with Crippen LogP contribution in [-0.2, 0) is 6.54 Å². The number of carbonyl (C=O) groups excluding carboxylic acids is 1. The average molecular weight is 475 g/mol. The monoisotopic (exact) mass is 474 g/mol. The van der Waals surface area contributed by atoms with E-state index in [2.05, 4.69) is 27.4 Å². The molecule has 1 spiro atoms. The Bertz CT molecular complexity index is 1190. The van der Waals surface area contributed by atoms with Crippen LogP contribution in [0.2, 0.25) is 0 Å². The van der Waals surface area contributed by atoms with Crippen LogP contribution < -0.4 is 15.8 Å². The Hall–Kier alpha value is -3.52. The van der Waals surface area contributed by atoms with Gasteiger partial charge in [-0.15, -0.1) is 5.10 Å². The number of piperidine rings is 1. The fraction of sp³-hybridized carbons (Fsp3) is 0.407. The molecule has 0 radical (unpaired) electrons. The zero-order valence-electron chi connectivity index (χ0n) is 20.5. The highest BCUT2D eigenvalue weighted by Gasteiger charge is 2.42. The second-order valence-corrected chi connectivity index (χ2v) is 9.98. The van der Waals surface area contributed by atoms with Crippen molar-refractivity contribution in [3.63, 3.8) is 0 Å². The van der Waals surface area contributed by atoms with Gasteiger partial charge in [-0.3, -0.25) is 10.2 Å². The molecule has 2 aliphatic rings. The van der Waals surface area contributed by atoms with Crippen molar-refractivity contribution in [1.82, 2.24) is 19.6 Å². The number of nitrogens with two attached hydrogens (primary N) is 1. The molecule has 2 fully saturated rings. The third-order valence-corrected chi connectivity index (χ3v) is 7.27. The number of nitrogens with one attached hydrogen (secondary N) is 1. The van der Waals surface area contributed by atoms with Gasteiger partial charge in [0.1, 0.15) is 5.75 Å². The summed E-state index contributed by atoms with van der Waals surface area (Å²) in [6.07, 6.45) is 5.05. The van der Waals surface area contributed by atoms with E-state index in [0.717, 1.165) is 63.4 Å². The van der Waals surface area contributed by atoms with Gasteiger partial charge in [0.2, 0.25) is 0 Å². The van der Waals surface area contributed by atoms with Crippen LogP contribution in [-0.4, -0.2) is 58.9 Å². The van der Waals surface area contributed by atoms with E-state index >= 15 is 0 Å². The van der Waals surface area contributed by atoms with Gasteiger partial charge in [-0.25, -0.2) is 9.48 Å². The number of nitrogens with zero attached hydrogens (tertiary/aromatic N) is 4. The molecule has 1 atom stereocenters. The van der Waals surface area contributed by atoms with Crippen LogP contribution in [0.1, 0.15) is 30.4 Å². The molecule has 8 nitrogen and oxygen atoms in total. The van der Waals surface area contributed by atoms with Gasteiger partial charge in [0.15, 0.2) is 5.82 Å². The predicted octanol–water partition coefficient (Wildman–Crippen LogP) is 4.29. The summed E-state index contributed by atoms with van der Waals surface area (Å²) < 4.78 is 7.08. The minimum absolute atomic E-state index is 0.132. The molecule has 35 heavy (non-hydrogen) atoms. The standard InChI is InChI=1S/C27H34N6O2/c1-20-7-9-22(10-8-20)33-17-24(28)25(30-33)29-26(34)32-14-12-27(19-32)11-4-13-31(18-27)16-21-5-3-6-23(15-21)35-2/h3,5-10,15,17H,4,11-14,16,18-19,28H2,1-2H3,(H,29,30,34). The maximum Gasteiger partial charge on any atom is 0.323 e. The Morgan fingerprint density at radius 3 is 2.77 bits per heavy atom. The number of nitrogen functional groups attached to an aromatic ring is 1. The minimum Gasteiger partial charge on any atom is -0.497 e. The molecule has 2 saturated heterocycles. The quantitative estimate of drug-likeness (QED) is 0.576. The summed E-state index contributed by atoms with van der Waals surface area (Å²) in [7, 11) is 1.70. The number of aryl methyl sites for hydroxylation is 1. The van der Waals surface area contributed by atoms with E-state index in [-0.39, 0.29) is 11.4 Å². The molecule has 1 aromatic heterocycles. The molecule has 2 aromatic carbocycles. The lowest BCUT2D eigenvalue weighted by Gasteiger charge is -2.40. The van der Waals surface area contributed by atoms with E-state index in [1.54, 1.807) is 18.0 Å². The normalized spacial score (nSPS) is 20.3. The van der Waals surface area contributed by atoms with E-state index in [1.807, 2.05) is 48.2 Å². The second kappa shape index (κ2) is 9.62. The van der Waals surface area contributed by atoms with Crippen LogP contribution in [0.25, 0.3) is 5.69 Å². The SMILES string of the molecule is COc1cccc(CN2CCCC3(CCN(C(=O)Nc4nn(-c5ccc(C)cc5)cc4N)C3)C2)c1.